The summed E-state index contributed by atoms with van der Waals surface area (Å²) < 4.78 is 17.7. The van der Waals surface area contributed by atoms with Crippen molar-refractivity contribution in [3.63, 3.8) is 0 Å². The van der Waals surface area contributed by atoms with E-state index in [1.54, 1.807) is 12.3 Å². The van der Waals surface area contributed by atoms with Crippen molar-refractivity contribution in [1.82, 2.24) is 9.38 Å². The SMILES string of the molecule is CN(C)c1c2ccccc2cc2c3nccc4cc(F)c5c6ccccc6n(c12)c5c43. The lowest BCUT2D eigenvalue weighted by Gasteiger charge is -2.22. The summed E-state index contributed by atoms with van der Waals surface area (Å²) in [5, 5.41) is 6.91. The van der Waals surface area contributed by atoms with Crippen LogP contribution in [0.25, 0.3) is 59.8 Å². The Balaban J connectivity index is 1.98. The number of hydrogen-bond donors (Lipinski definition) is 0. The Bertz CT molecular complexity index is 1830. The molecule has 31 heavy (non-hydrogen) atoms. The van der Waals surface area contributed by atoms with Crippen LogP contribution in [-0.2, 0) is 0 Å². The zero-order valence-corrected chi connectivity index (χ0v) is 17.1. The van der Waals surface area contributed by atoms with Crippen LogP contribution in [0, 0.1) is 5.82 Å². The Morgan fingerprint density at radius 1 is 0.774 bits per heavy atom. The predicted octanol–water partition coefficient (Wildman–Crippen LogP) is 6.74. The van der Waals surface area contributed by atoms with E-state index in [2.05, 4.69) is 59.8 Å². The lowest BCUT2D eigenvalue weighted by Crippen LogP contribution is -2.11. The van der Waals surface area contributed by atoms with Gasteiger partial charge in [0, 0.05) is 47.2 Å². The summed E-state index contributed by atoms with van der Waals surface area (Å²) in [6.07, 6.45) is 1.79. The van der Waals surface area contributed by atoms with Crippen LogP contribution in [0.3, 0.4) is 0 Å². The number of fused-ring (bicyclic) bond motifs is 7. The van der Waals surface area contributed by atoms with Crippen molar-refractivity contribution >= 4 is 65.5 Å². The molecular weight excluding hydrogens is 385 g/mol. The van der Waals surface area contributed by atoms with Gasteiger partial charge in [0.2, 0.25) is 0 Å². The minimum atomic E-state index is -0.190. The third kappa shape index (κ3) is 1.95. The number of halogens is 1. The van der Waals surface area contributed by atoms with Crippen molar-refractivity contribution in [2.24, 2.45) is 0 Å². The smallest absolute Gasteiger partial charge is 0.133 e. The lowest BCUT2D eigenvalue weighted by molar-refractivity contribution is 0.642. The van der Waals surface area contributed by atoms with Gasteiger partial charge in [0.15, 0.2) is 0 Å². The van der Waals surface area contributed by atoms with Crippen LogP contribution < -0.4 is 4.90 Å². The molecule has 7 aromatic rings. The van der Waals surface area contributed by atoms with Crippen LogP contribution in [0.4, 0.5) is 10.1 Å². The van der Waals surface area contributed by atoms with Gasteiger partial charge >= 0.3 is 0 Å². The minimum Gasteiger partial charge on any atom is -0.375 e. The first kappa shape index (κ1) is 16.8. The fraction of sp³-hybridized carbons (Fsp3) is 0.0741. The Morgan fingerprint density at radius 3 is 2.39 bits per heavy atom. The second-order valence-corrected chi connectivity index (χ2v) is 8.43. The predicted molar refractivity (Wildman–Crippen MR) is 128 cm³/mol. The molecule has 0 N–H and O–H groups in total. The standard InChI is InChI=1S/C27H18FN3/c1-30(2)25-17-8-4-3-7-15(17)13-19-24-22-16(11-12-29-24)14-20(28)23-18-9-5-6-10-21(18)31(26(19)25)27(22)23/h3-14H,1-2H3. The zero-order chi connectivity index (χ0) is 20.9. The molecule has 0 aliphatic rings. The van der Waals surface area contributed by atoms with Gasteiger partial charge < -0.3 is 9.30 Å². The summed E-state index contributed by atoms with van der Waals surface area (Å²) in [6.45, 7) is 0. The fourth-order valence-corrected chi connectivity index (χ4v) is 5.39. The summed E-state index contributed by atoms with van der Waals surface area (Å²) in [5.74, 6) is -0.190. The van der Waals surface area contributed by atoms with Crippen molar-refractivity contribution in [2.75, 3.05) is 19.0 Å². The van der Waals surface area contributed by atoms with Gasteiger partial charge in [0.25, 0.3) is 0 Å². The highest BCUT2D eigenvalue weighted by atomic mass is 19.1. The maximum atomic E-state index is 15.5. The number of para-hydroxylation sites is 1. The molecule has 0 aliphatic carbocycles. The van der Waals surface area contributed by atoms with E-state index in [9.17, 15) is 0 Å². The first-order valence-electron chi connectivity index (χ1n) is 10.4. The second kappa shape index (κ2) is 5.61. The summed E-state index contributed by atoms with van der Waals surface area (Å²) in [4.78, 5) is 6.97. The molecule has 4 aromatic carbocycles. The summed E-state index contributed by atoms with van der Waals surface area (Å²) >= 11 is 0. The molecule has 3 nitrogen and oxygen atoms in total. The molecule has 0 atom stereocenters. The van der Waals surface area contributed by atoms with Gasteiger partial charge in [-0.1, -0.05) is 42.5 Å². The third-order valence-electron chi connectivity index (χ3n) is 6.54. The number of pyridine rings is 2. The molecule has 3 aromatic heterocycles. The lowest BCUT2D eigenvalue weighted by atomic mass is 9.98. The van der Waals surface area contributed by atoms with Crippen molar-refractivity contribution in [3.8, 4) is 0 Å². The Morgan fingerprint density at radius 2 is 1.55 bits per heavy atom. The maximum absolute atomic E-state index is 15.5. The summed E-state index contributed by atoms with van der Waals surface area (Å²) in [5.41, 5.74) is 5.02. The fourth-order valence-electron chi connectivity index (χ4n) is 5.39. The molecule has 0 aliphatic heterocycles. The second-order valence-electron chi connectivity index (χ2n) is 8.43. The third-order valence-corrected chi connectivity index (χ3v) is 6.54. The monoisotopic (exact) mass is 403 g/mol. The van der Waals surface area contributed by atoms with Crippen LogP contribution in [0.1, 0.15) is 0 Å². The Hall–Kier alpha value is -3.92. The molecule has 148 valence electrons. The van der Waals surface area contributed by atoms with Crippen LogP contribution in [0.5, 0.6) is 0 Å². The largest absolute Gasteiger partial charge is 0.375 e. The number of benzene rings is 4. The van der Waals surface area contributed by atoms with Crippen molar-refractivity contribution in [3.05, 3.63) is 78.7 Å². The summed E-state index contributed by atoms with van der Waals surface area (Å²) in [6, 6.07) is 22.3. The van der Waals surface area contributed by atoms with E-state index < -0.39 is 0 Å². The first-order valence-corrected chi connectivity index (χ1v) is 10.4. The van der Waals surface area contributed by atoms with E-state index in [0.717, 1.165) is 49.3 Å². The normalized spacial score (nSPS) is 12.4. The number of aromatic nitrogens is 2. The quantitative estimate of drug-likeness (QED) is 0.223. The van der Waals surface area contributed by atoms with Crippen molar-refractivity contribution < 1.29 is 4.39 Å². The molecule has 0 saturated carbocycles. The molecule has 3 heterocycles. The number of hydrogen-bond acceptors (Lipinski definition) is 2. The van der Waals surface area contributed by atoms with Crippen LogP contribution in [0.2, 0.25) is 0 Å². The Labute approximate surface area is 177 Å². The molecule has 0 unspecified atom stereocenters. The summed E-state index contributed by atoms with van der Waals surface area (Å²) in [7, 11) is 4.14. The van der Waals surface area contributed by atoms with Gasteiger partial charge in [-0.25, -0.2) is 4.39 Å². The van der Waals surface area contributed by atoms with Crippen LogP contribution >= 0.6 is 0 Å². The van der Waals surface area contributed by atoms with E-state index in [-0.39, 0.29) is 5.82 Å². The van der Waals surface area contributed by atoms with Gasteiger partial charge in [0.1, 0.15) is 5.82 Å². The van der Waals surface area contributed by atoms with Crippen molar-refractivity contribution in [2.45, 2.75) is 0 Å². The van der Waals surface area contributed by atoms with E-state index >= 15 is 4.39 Å². The van der Waals surface area contributed by atoms with Gasteiger partial charge in [0.05, 0.1) is 27.8 Å². The van der Waals surface area contributed by atoms with E-state index in [0.29, 0.717) is 5.39 Å². The van der Waals surface area contributed by atoms with E-state index in [1.165, 1.54) is 10.8 Å². The van der Waals surface area contributed by atoms with Gasteiger partial charge in [-0.2, -0.15) is 0 Å². The molecule has 4 heteroatoms. The highest BCUT2D eigenvalue weighted by Crippen LogP contribution is 2.45. The molecule has 7 rings (SSSR count). The molecule has 0 spiro atoms. The molecule has 0 amide bonds. The molecule has 0 fully saturated rings. The number of rotatable bonds is 1. The molecule has 0 radical (unpaired) electrons. The molecule has 0 bridgehead atoms. The average Bonchev–Trinajstić information content (AvgIpc) is 3.13. The zero-order valence-electron chi connectivity index (χ0n) is 17.1. The van der Waals surface area contributed by atoms with Crippen LogP contribution in [-0.4, -0.2) is 23.5 Å². The van der Waals surface area contributed by atoms with Gasteiger partial charge in [-0.15, -0.1) is 0 Å². The number of nitrogens with zero attached hydrogens (tertiary/aromatic N) is 3. The van der Waals surface area contributed by atoms with E-state index in [4.69, 9.17) is 4.98 Å². The Kier molecular flexibility index (Phi) is 3.05. The van der Waals surface area contributed by atoms with Crippen LogP contribution in [0.15, 0.2) is 72.9 Å². The number of anilines is 1. The highest BCUT2D eigenvalue weighted by Gasteiger charge is 2.24. The van der Waals surface area contributed by atoms with Crippen molar-refractivity contribution in [1.29, 1.82) is 0 Å². The van der Waals surface area contributed by atoms with E-state index in [1.807, 2.05) is 24.3 Å². The topological polar surface area (TPSA) is 20.5 Å². The minimum absolute atomic E-state index is 0.190. The molecule has 0 saturated heterocycles. The average molecular weight is 403 g/mol. The molecular formula is C27H18FN3. The van der Waals surface area contributed by atoms with Gasteiger partial charge in [-0.3, -0.25) is 4.98 Å². The highest BCUT2D eigenvalue weighted by molar-refractivity contribution is 6.30. The maximum Gasteiger partial charge on any atom is 0.133 e. The first-order chi connectivity index (χ1) is 15.1. The van der Waals surface area contributed by atoms with Gasteiger partial charge in [-0.05, 0) is 35.0 Å².